The Bertz CT molecular complexity index is 626. The van der Waals surface area contributed by atoms with Crippen molar-refractivity contribution in [2.75, 3.05) is 58.3 Å². The number of carbonyl (C=O) groups is 1. The summed E-state index contributed by atoms with van der Waals surface area (Å²) in [6.07, 6.45) is 9.75. The smallest absolute Gasteiger partial charge is 0.246 e. The van der Waals surface area contributed by atoms with Crippen LogP contribution < -0.4 is 10.2 Å². The summed E-state index contributed by atoms with van der Waals surface area (Å²) in [5.74, 6) is 0.944. The minimum Gasteiger partial charge on any atom is -0.357 e. The summed E-state index contributed by atoms with van der Waals surface area (Å²) in [4.78, 5) is 23.5. The van der Waals surface area contributed by atoms with Crippen molar-refractivity contribution >= 4 is 17.6 Å². The van der Waals surface area contributed by atoms with Gasteiger partial charge >= 0.3 is 0 Å². The van der Waals surface area contributed by atoms with Gasteiger partial charge in [0.25, 0.3) is 0 Å². The van der Waals surface area contributed by atoms with Gasteiger partial charge < -0.3 is 20.0 Å². The molecule has 1 fully saturated rings. The van der Waals surface area contributed by atoms with Gasteiger partial charge in [0.1, 0.15) is 6.54 Å². The Labute approximate surface area is 169 Å². The van der Waals surface area contributed by atoms with Gasteiger partial charge in [0.05, 0.1) is 11.9 Å². The van der Waals surface area contributed by atoms with Crippen molar-refractivity contribution in [2.45, 2.75) is 39.0 Å². The highest BCUT2D eigenvalue weighted by Crippen LogP contribution is 2.16. The molecule has 2 rings (SSSR count). The van der Waals surface area contributed by atoms with Gasteiger partial charge in [-0.05, 0) is 40.4 Å². The summed E-state index contributed by atoms with van der Waals surface area (Å²) in [6.45, 7) is 6.63. The maximum Gasteiger partial charge on any atom is 0.246 e. The molecule has 8 heteroatoms. The number of guanidine groups is 1. The monoisotopic (exact) mass is 391 g/mol. The maximum atomic E-state index is 12.6. The molecule has 1 aliphatic rings. The molecule has 8 nitrogen and oxygen atoms in total. The number of nitrogens with zero attached hydrogens (tertiary/aromatic N) is 6. The molecule has 1 saturated heterocycles. The number of anilines is 1. The van der Waals surface area contributed by atoms with E-state index in [0.29, 0.717) is 13.1 Å². The Hall–Kier alpha value is -2.09. The summed E-state index contributed by atoms with van der Waals surface area (Å²) < 4.78 is 1.72. The lowest BCUT2D eigenvalue weighted by Gasteiger charge is -2.35. The Morgan fingerprint density at radius 2 is 1.96 bits per heavy atom. The van der Waals surface area contributed by atoms with E-state index < -0.39 is 0 Å². The zero-order valence-electron chi connectivity index (χ0n) is 18.0. The molecular formula is C20H37N7O. The predicted molar refractivity (Wildman–Crippen MR) is 115 cm³/mol. The third kappa shape index (κ3) is 7.14. The first kappa shape index (κ1) is 22.2. The van der Waals surface area contributed by atoms with Gasteiger partial charge in [0.2, 0.25) is 5.91 Å². The maximum absolute atomic E-state index is 12.6. The fraction of sp³-hybridized carbons (Fsp3) is 0.750. The molecule has 158 valence electrons. The Kier molecular flexibility index (Phi) is 9.27. The van der Waals surface area contributed by atoms with Crippen LogP contribution in [0.3, 0.4) is 0 Å². The lowest BCUT2D eigenvalue weighted by Crippen LogP contribution is -2.55. The van der Waals surface area contributed by atoms with Crippen LogP contribution in [0.4, 0.5) is 5.69 Å². The summed E-state index contributed by atoms with van der Waals surface area (Å²) in [5.41, 5.74) is 0.864. The van der Waals surface area contributed by atoms with Gasteiger partial charge in [-0.2, -0.15) is 5.10 Å². The van der Waals surface area contributed by atoms with Crippen molar-refractivity contribution in [3.8, 4) is 0 Å². The standard InChI is InChI=1S/C20H37N7O/c1-5-21-20(22-11-9-7-6-8-10-12-24(2)3)26-13-14-27(19(28)17-26)18-15-23-25(4)16-18/h15-16H,5-14,17H2,1-4H3,(H,21,22). The van der Waals surface area contributed by atoms with E-state index in [2.05, 4.69) is 41.2 Å². The molecule has 1 aromatic rings. The van der Waals surface area contributed by atoms with Gasteiger partial charge in [-0.15, -0.1) is 0 Å². The van der Waals surface area contributed by atoms with E-state index in [1.807, 2.05) is 13.2 Å². The number of aromatic nitrogens is 2. The number of hydrogen-bond acceptors (Lipinski definition) is 4. The highest BCUT2D eigenvalue weighted by Gasteiger charge is 2.27. The lowest BCUT2D eigenvalue weighted by atomic mass is 10.1. The number of aryl methyl sites for hydroxylation is 1. The molecule has 1 amide bonds. The second-order valence-electron chi connectivity index (χ2n) is 7.65. The number of amides is 1. The molecule has 2 heterocycles. The van der Waals surface area contributed by atoms with Gasteiger partial charge in [-0.1, -0.05) is 19.3 Å². The van der Waals surface area contributed by atoms with Crippen LogP contribution in [0.5, 0.6) is 0 Å². The lowest BCUT2D eigenvalue weighted by molar-refractivity contribution is -0.120. The fourth-order valence-corrected chi connectivity index (χ4v) is 3.36. The number of hydrogen-bond donors (Lipinski definition) is 1. The van der Waals surface area contributed by atoms with Crippen molar-refractivity contribution in [2.24, 2.45) is 12.0 Å². The SMILES string of the molecule is CCNC(=NCCCCCCCN(C)C)N1CCN(c2cnn(C)c2)C(=O)C1. The number of carbonyl (C=O) groups excluding carboxylic acids is 1. The third-order valence-electron chi connectivity index (χ3n) is 4.88. The molecule has 0 aromatic carbocycles. The van der Waals surface area contributed by atoms with Crippen molar-refractivity contribution < 1.29 is 4.79 Å². The number of piperazine rings is 1. The van der Waals surface area contributed by atoms with E-state index in [4.69, 9.17) is 4.99 Å². The van der Waals surface area contributed by atoms with Crippen LogP contribution in [-0.2, 0) is 11.8 Å². The summed E-state index contributed by atoms with van der Waals surface area (Å²) in [6, 6.07) is 0. The molecule has 0 unspecified atom stereocenters. The molecule has 0 atom stereocenters. The molecule has 0 spiro atoms. The zero-order chi connectivity index (χ0) is 20.4. The minimum absolute atomic E-state index is 0.0887. The number of aliphatic imine (C=N–C) groups is 1. The van der Waals surface area contributed by atoms with E-state index in [0.717, 1.165) is 37.7 Å². The van der Waals surface area contributed by atoms with Crippen molar-refractivity contribution in [3.05, 3.63) is 12.4 Å². The Morgan fingerprint density at radius 1 is 1.21 bits per heavy atom. The van der Waals surface area contributed by atoms with Crippen molar-refractivity contribution in [3.63, 3.8) is 0 Å². The second kappa shape index (κ2) is 11.7. The van der Waals surface area contributed by atoms with Crippen LogP contribution in [0.25, 0.3) is 0 Å². The van der Waals surface area contributed by atoms with Gasteiger partial charge in [0.15, 0.2) is 5.96 Å². The molecule has 1 N–H and O–H groups in total. The van der Waals surface area contributed by atoms with E-state index in [-0.39, 0.29) is 5.91 Å². The quantitative estimate of drug-likeness (QED) is 0.372. The number of unbranched alkanes of at least 4 members (excludes halogenated alkanes) is 4. The van der Waals surface area contributed by atoms with Crippen LogP contribution in [0.2, 0.25) is 0 Å². The zero-order valence-corrected chi connectivity index (χ0v) is 18.0. The van der Waals surface area contributed by atoms with E-state index in [9.17, 15) is 4.79 Å². The summed E-state index contributed by atoms with van der Waals surface area (Å²) in [7, 11) is 6.11. The highest BCUT2D eigenvalue weighted by molar-refractivity contribution is 5.98. The first-order chi connectivity index (χ1) is 13.5. The molecule has 0 aliphatic carbocycles. The van der Waals surface area contributed by atoms with Crippen LogP contribution in [0, 0.1) is 0 Å². The van der Waals surface area contributed by atoms with Gasteiger partial charge in [0, 0.05) is 39.4 Å². The Morgan fingerprint density at radius 3 is 2.61 bits per heavy atom. The van der Waals surface area contributed by atoms with Crippen molar-refractivity contribution in [1.29, 1.82) is 0 Å². The molecule has 0 saturated carbocycles. The second-order valence-corrected chi connectivity index (χ2v) is 7.65. The average molecular weight is 392 g/mol. The average Bonchev–Trinajstić information content (AvgIpc) is 3.08. The van der Waals surface area contributed by atoms with E-state index in [1.165, 1.54) is 32.2 Å². The van der Waals surface area contributed by atoms with Crippen LogP contribution in [0.15, 0.2) is 17.4 Å². The predicted octanol–water partition coefficient (Wildman–Crippen LogP) is 1.55. The molecule has 0 radical (unpaired) electrons. The third-order valence-corrected chi connectivity index (χ3v) is 4.88. The summed E-state index contributed by atoms with van der Waals surface area (Å²) in [5, 5.41) is 7.50. The first-order valence-electron chi connectivity index (χ1n) is 10.5. The minimum atomic E-state index is 0.0887. The highest BCUT2D eigenvalue weighted by atomic mass is 16.2. The molecule has 0 bridgehead atoms. The molecule has 28 heavy (non-hydrogen) atoms. The van der Waals surface area contributed by atoms with E-state index in [1.54, 1.807) is 15.8 Å². The number of rotatable bonds is 10. The molecule has 1 aliphatic heterocycles. The topological polar surface area (TPSA) is 69.0 Å². The summed E-state index contributed by atoms with van der Waals surface area (Å²) >= 11 is 0. The largest absolute Gasteiger partial charge is 0.357 e. The normalized spacial score (nSPS) is 15.6. The molecule has 1 aromatic heterocycles. The van der Waals surface area contributed by atoms with Gasteiger partial charge in [-0.25, -0.2) is 0 Å². The number of nitrogens with one attached hydrogen (secondary N) is 1. The fourth-order valence-electron chi connectivity index (χ4n) is 3.36. The van der Waals surface area contributed by atoms with E-state index >= 15 is 0 Å². The van der Waals surface area contributed by atoms with Crippen molar-refractivity contribution in [1.82, 2.24) is 24.9 Å². The molecular weight excluding hydrogens is 354 g/mol. The first-order valence-corrected chi connectivity index (χ1v) is 10.5. The van der Waals surface area contributed by atoms with Crippen LogP contribution >= 0.6 is 0 Å². The van der Waals surface area contributed by atoms with Crippen LogP contribution in [-0.4, -0.2) is 84.8 Å². The Balaban J connectivity index is 1.76. The van der Waals surface area contributed by atoms with Crippen LogP contribution in [0.1, 0.15) is 39.0 Å². The van der Waals surface area contributed by atoms with Gasteiger partial charge in [-0.3, -0.25) is 14.5 Å².